The fourth-order valence-electron chi connectivity index (χ4n) is 1.11. The summed E-state index contributed by atoms with van der Waals surface area (Å²) in [5.41, 5.74) is 5.69. The number of hydrogen-bond acceptors (Lipinski definition) is 3. The van der Waals surface area contributed by atoms with Gasteiger partial charge in [-0.2, -0.15) is 4.99 Å². The molecule has 3 N–H and O–H groups in total. The van der Waals surface area contributed by atoms with Crippen molar-refractivity contribution < 1.29 is 9.59 Å². The van der Waals surface area contributed by atoms with Crippen molar-refractivity contribution >= 4 is 17.6 Å². The molecule has 2 atom stereocenters. The van der Waals surface area contributed by atoms with Crippen LogP contribution in [0.1, 0.15) is 26.7 Å². The molecule has 2 unspecified atom stereocenters. The maximum atomic E-state index is 11.2. The van der Waals surface area contributed by atoms with Crippen LogP contribution in [0.25, 0.3) is 0 Å². The highest BCUT2D eigenvalue weighted by atomic mass is 16.2. The number of carbonyl (C=O) groups is 2. The van der Waals surface area contributed by atoms with E-state index in [2.05, 4.69) is 10.3 Å². The maximum absolute atomic E-state index is 11.2. The van der Waals surface area contributed by atoms with Crippen molar-refractivity contribution in [3.8, 4) is 0 Å². The Balaban J connectivity index is 2.68. The summed E-state index contributed by atoms with van der Waals surface area (Å²) in [7, 11) is 0. The standard InChI is InChI=1S/C9H15N3O2/c1-3-6(10)4-7-11-8(13)5(2)9(14)12-7/h5-6H,3-4,10H2,1-2H3,(H,11,12,13,14). The predicted molar refractivity (Wildman–Crippen MR) is 52.6 cm³/mol. The van der Waals surface area contributed by atoms with Crippen LogP contribution in [-0.4, -0.2) is 23.7 Å². The van der Waals surface area contributed by atoms with E-state index < -0.39 is 5.92 Å². The lowest BCUT2D eigenvalue weighted by atomic mass is 10.1. The molecule has 0 saturated carbocycles. The van der Waals surface area contributed by atoms with Gasteiger partial charge in [-0.05, 0) is 13.3 Å². The van der Waals surface area contributed by atoms with Gasteiger partial charge in [-0.3, -0.25) is 9.59 Å². The molecule has 78 valence electrons. The number of carbonyl (C=O) groups excluding carboxylic acids is 2. The van der Waals surface area contributed by atoms with Crippen molar-refractivity contribution in [2.45, 2.75) is 32.7 Å². The molecule has 0 bridgehead atoms. The van der Waals surface area contributed by atoms with Crippen LogP contribution in [0.5, 0.6) is 0 Å². The minimum Gasteiger partial charge on any atom is -0.327 e. The summed E-state index contributed by atoms with van der Waals surface area (Å²) in [5, 5.41) is 2.57. The lowest BCUT2D eigenvalue weighted by Gasteiger charge is -2.18. The van der Waals surface area contributed by atoms with Gasteiger partial charge in [0.15, 0.2) is 0 Å². The molecule has 0 saturated heterocycles. The average Bonchev–Trinajstić information content (AvgIpc) is 2.14. The molecule has 1 aliphatic rings. The van der Waals surface area contributed by atoms with E-state index in [0.717, 1.165) is 6.42 Å². The van der Waals surface area contributed by atoms with Crippen molar-refractivity contribution in [1.82, 2.24) is 5.32 Å². The highest BCUT2D eigenvalue weighted by molar-refractivity contribution is 6.15. The van der Waals surface area contributed by atoms with Crippen molar-refractivity contribution in [1.29, 1.82) is 0 Å². The number of nitrogens with two attached hydrogens (primary N) is 1. The molecule has 0 aromatic rings. The van der Waals surface area contributed by atoms with Crippen LogP contribution < -0.4 is 11.1 Å². The van der Waals surface area contributed by atoms with E-state index in [1.54, 1.807) is 0 Å². The van der Waals surface area contributed by atoms with Crippen LogP contribution in [0.2, 0.25) is 0 Å². The van der Waals surface area contributed by atoms with Gasteiger partial charge in [0.05, 0.1) is 0 Å². The first-order chi connectivity index (χ1) is 6.54. The lowest BCUT2D eigenvalue weighted by molar-refractivity contribution is -0.132. The number of amidine groups is 1. The van der Waals surface area contributed by atoms with Gasteiger partial charge >= 0.3 is 0 Å². The molecule has 0 aromatic carbocycles. The number of nitrogens with zero attached hydrogens (tertiary/aromatic N) is 1. The molecule has 1 heterocycles. The molecular formula is C9H15N3O2. The SMILES string of the molecule is CCC(N)CC1=NC(=O)C(C)C(=O)N1. The van der Waals surface area contributed by atoms with Gasteiger partial charge in [0.25, 0.3) is 5.91 Å². The summed E-state index contributed by atoms with van der Waals surface area (Å²) in [4.78, 5) is 26.2. The van der Waals surface area contributed by atoms with Gasteiger partial charge in [-0.1, -0.05) is 6.92 Å². The van der Waals surface area contributed by atoms with Crippen LogP contribution in [0.3, 0.4) is 0 Å². The Morgan fingerprint density at radius 2 is 2.21 bits per heavy atom. The number of amides is 2. The molecule has 0 spiro atoms. The molecule has 1 rings (SSSR count). The van der Waals surface area contributed by atoms with Crippen LogP contribution in [-0.2, 0) is 9.59 Å². The maximum Gasteiger partial charge on any atom is 0.259 e. The fourth-order valence-corrected chi connectivity index (χ4v) is 1.11. The zero-order chi connectivity index (χ0) is 10.7. The molecule has 0 aromatic heterocycles. The van der Waals surface area contributed by atoms with E-state index in [-0.39, 0.29) is 17.9 Å². The topological polar surface area (TPSA) is 84.5 Å². The van der Waals surface area contributed by atoms with E-state index in [1.807, 2.05) is 6.92 Å². The zero-order valence-corrected chi connectivity index (χ0v) is 8.41. The quantitative estimate of drug-likeness (QED) is 0.615. The van der Waals surface area contributed by atoms with E-state index in [4.69, 9.17) is 5.73 Å². The summed E-state index contributed by atoms with van der Waals surface area (Å²) in [6.45, 7) is 3.48. The summed E-state index contributed by atoms with van der Waals surface area (Å²) < 4.78 is 0. The molecule has 5 heteroatoms. The summed E-state index contributed by atoms with van der Waals surface area (Å²) in [6.07, 6.45) is 1.24. The van der Waals surface area contributed by atoms with Crippen molar-refractivity contribution in [3.05, 3.63) is 0 Å². The molecule has 14 heavy (non-hydrogen) atoms. The van der Waals surface area contributed by atoms with Gasteiger partial charge in [0.2, 0.25) is 5.91 Å². The smallest absolute Gasteiger partial charge is 0.259 e. The Morgan fingerprint density at radius 1 is 1.57 bits per heavy atom. The van der Waals surface area contributed by atoms with E-state index in [9.17, 15) is 9.59 Å². The predicted octanol–water partition coefficient (Wildman–Crippen LogP) is -0.195. The Kier molecular flexibility index (Phi) is 3.35. The fraction of sp³-hybridized carbons (Fsp3) is 0.667. The highest BCUT2D eigenvalue weighted by Gasteiger charge is 2.27. The van der Waals surface area contributed by atoms with Gasteiger partial charge in [0, 0.05) is 12.5 Å². The Morgan fingerprint density at radius 3 is 2.71 bits per heavy atom. The zero-order valence-electron chi connectivity index (χ0n) is 8.41. The number of nitrogens with one attached hydrogen (secondary N) is 1. The normalized spacial score (nSPS) is 24.2. The monoisotopic (exact) mass is 197 g/mol. The number of aliphatic imine (C=N–C) groups is 1. The minimum absolute atomic E-state index is 0.0599. The number of rotatable bonds is 3. The first-order valence-corrected chi connectivity index (χ1v) is 4.72. The minimum atomic E-state index is -0.670. The molecular weight excluding hydrogens is 182 g/mol. The summed E-state index contributed by atoms with van der Waals surface area (Å²) >= 11 is 0. The van der Waals surface area contributed by atoms with E-state index >= 15 is 0 Å². The Labute approximate surface area is 82.8 Å². The van der Waals surface area contributed by atoms with E-state index in [1.165, 1.54) is 6.92 Å². The van der Waals surface area contributed by atoms with Crippen LogP contribution in [0.4, 0.5) is 0 Å². The molecule has 0 fully saturated rings. The van der Waals surface area contributed by atoms with Crippen LogP contribution in [0, 0.1) is 5.92 Å². The third kappa shape index (κ3) is 2.38. The number of hydrogen-bond donors (Lipinski definition) is 2. The van der Waals surface area contributed by atoms with Crippen LogP contribution in [0.15, 0.2) is 4.99 Å². The summed E-state index contributed by atoms with van der Waals surface area (Å²) in [6, 6.07) is -0.0599. The Hall–Kier alpha value is -1.23. The van der Waals surface area contributed by atoms with Crippen molar-refractivity contribution in [3.63, 3.8) is 0 Å². The van der Waals surface area contributed by atoms with Crippen LogP contribution >= 0.6 is 0 Å². The second kappa shape index (κ2) is 4.32. The second-order valence-corrected chi connectivity index (χ2v) is 3.48. The first-order valence-electron chi connectivity index (χ1n) is 4.72. The average molecular weight is 197 g/mol. The molecule has 1 aliphatic heterocycles. The molecule has 0 aliphatic carbocycles. The summed E-state index contributed by atoms with van der Waals surface area (Å²) in [5.74, 6) is -0.945. The first kappa shape index (κ1) is 10.8. The van der Waals surface area contributed by atoms with Gasteiger partial charge in [0.1, 0.15) is 11.8 Å². The van der Waals surface area contributed by atoms with E-state index in [0.29, 0.717) is 12.3 Å². The third-order valence-electron chi connectivity index (χ3n) is 2.26. The second-order valence-electron chi connectivity index (χ2n) is 3.48. The van der Waals surface area contributed by atoms with Crippen molar-refractivity contribution in [2.75, 3.05) is 0 Å². The molecule has 5 nitrogen and oxygen atoms in total. The molecule has 0 radical (unpaired) electrons. The Bertz CT molecular complexity index is 286. The largest absolute Gasteiger partial charge is 0.327 e. The highest BCUT2D eigenvalue weighted by Crippen LogP contribution is 2.06. The van der Waals surface area contributed by atoms with Gasteiger partial charge < -0.3 is 11.1 Å². The van der Waals surface area contributed by atoms with Crippen molar-refractivity contribution in [2.24, 2.45) is 16.6 Å². The third-order valence-corrected chi connectivity index (χ3v) is 2.26. The van der Waals surface area contributed by atoms with Gasteiger partial charge in [-0.15, -0.1) is 0 Å². The lowest BCUT2D eigenvalue weighted by Crippen LogP contribution is -2.44. The molecule has 2 amide bonds. The van der Waals surface area contributed by atoms with Gasteiger partial charge in [-0.25, -0.2) is 0 Å².